The van der Waals surface area contributed by atoms with Crippen LogP contribution in [0.5, 0.6) is 5.75 Å². The molecule has 4 atom stereocenters. The summed E-state index contributed by atoms with van der Waals surface area (Å²) in [6.07, 6.45) is -14.2. The second-order valence-electron chi connectivity index (χ2n) is 7.84. The van der Waals surface area contributed by atoms with Crippen molar-refractivity contribution in [3.63, 3.8) is 0 Å². The van der Waals surface area contributed by atoms with Crippen LogP contribution in [0, 0.1) is 5.82 Å². The Morgan fingerprint density at radius 3 is 2.31 bits per heavy atom. The first-order valence-corrected chi connectivity index (χ1v) is 10.4. The van der Waals surface area contributed by atoms with Gasteiger partial charge >= 0.3 is 12.4 Å². The molecule has 4 N–H and O–H groups in total. The van der Waals surface area contributed by atoms with E-state index in [-0.39, 0.29) is 17.1 Å². The first kappa shape index (κ1) is 28.6. The number of benzene rings is 1. The van der Waals surface area contributed by atoms with Gasteiger partial charge in [0.25, 0.3) is 11.8 Å². The molecule has 0 bridgehead atoms. The standard InChI is InChI=1S/C20H24F7N3O5/c1-3-12-14(29-17(33)18(34,4-2)16(32)28-8-19(22,23)24)15(31)30(9-20(25,26)27)11-7-10(21)5-6-13(11)35-12/h5-7,12,14,16,28,32,34H,3-4,8-9H2,1-2H3,(H,29,33)/t12-,14+,16?,18?/m1/s1. The fraction of sp³-hybridized carbons (Fsp3) is 0.600. The molecule has 1 aliphatic heterocycles. The van der Waals surface area contributed by atoms with Crippen molar-refractivity contribution in [1.29, 1.82) is 0 Å². The number of aliphatic hydroxyl groups excluding tert-OH is 1. The number of alkyl halides is 6. The van der Waals surface area contributed by atoms with Crippen LogP contribution in [-0.2, 0) is 9.59 Å². The molecule has 0 spiro atoms. The van der Waals surface area contributed by atoms with Gasteiger partial charge in [0.15, 0.2) is 5.60 Å². The molecule has 0 aromatic heterocycles. The molecule has 1 heterocycles. The van der Waals surface area contributed by atoms with Gasteiger partial charge in [-0.25, -0.2) is 4.39 Å². The van der Waals surface area contributed by atoms with E-state index >= 15 is 0 Å². The van der Waals surface area contributed by atoms with Crippen LogP contribution in [0.15, 0.2) is 18.2 Å². The highest BCUT2D eigenvalue weighted by molar-refractivity contribution is 6.02. The summed E-state index contributed by atoms with van der Waals surface area (Å²) in [6, 6.07) is 0.655. The van der Waals surface area contributed by atoms with Gasteiger partial charge in [-0.15, -0.1) is 0 Å². The highest BCUT2D eigenvalue weighted by Gasteiger charge is 2.48. The monoisotopic (exact) mass is 519 g/mol. The molecule has 0 saturated heterocycles. The number of nitrogens with zero attached hydrogens (tertiary/aromatic N) is 1. The summed E-state index contributed by atoms with van der Waals surface area (Å²) in [5.74, 6) is -4.16. The highest BCUT2D eigenvalue weighted by atomic mass is 19.4. The maximum atomic E-state index is 13.8. The van der Waals surface area contributed by atoms with Crippen molar-refractivity contribution in [3.8, 4) is 5.75 Å². The predicted octanol–water partition coefficient (Wildman–Crippen LogP) is 1.99. The van der Waals surface area contributed by atoms with E-state index in [0.29, 0.717) is 6.07 Å². The van der Waals surface area contributed by atoms with E-state index in [1.165, 1.54) is 6.92 Å². The van der Waals surface area contributed by atoms with Gasteiger partial charge in [-0.05, 0) is 25.0 Å². The molecular weight excluding hydrogens is 495 g/mol. The van der Waals surface area contributed by atoms with E-state index in [1.807, 2.05) is 5.32 Å². The number of amides is 2. The summed E-state index contributed by atoms with van der Waals surface area (Å²) in [5.41, 5.74) is -3.45. The Kier molecular flexibility index (Phi) is 8.61. The Labute approximate surface area is 195 Å². The molecule has 198 valence electrons. The minimum absolute atomic E-state index is 0.0627. The lowest BCUT2D eigenvalue weighted by atomic mass is 9.95. The second kappa shape index (κ2) is 10.5. The fourth-order valence-electron chi connectivity index (χ4n) is 3.42. The van der Waals surface area contributed by atoms with E-state index in [2.05, 4.69) is 0 Å². The second-order valence-corrected chi connectivity index (χ2v) is 7.84. The number of carbonyl (C=O) groups is 2. The van der Waals surface area contributed by atoms with E-state index in [1.54, 1.807) is 5.32 Å². The number of anilines is 1. The Morgan fingerprint density at radius 1 is 1.17 bits per heavy atom. The van der Waals surface area contributed by atoms with E-state index in [0.717, 1.165) is 19.1 Å². The average Bonchev–Trinajstić information content (AvgIpc) is 2.85. The molecule has 1 aromatic rings. The third-order valence-electron chi connectivity index (χ3n) is 5.30. The maximum Gasteiger partial charge on any atom is 0.406 e. The summed E-state index contributed by atoms with van der Waals surface area (Å²) in [6.45, 7) is -1.03. The van der Waals surface area contributed by atoms with Crippen molar-refractivity contribution >= 4 is 17.5 Å². The summed E-state index contributed by atoms with van der Waals surface area (Å²) in [5, 5.41) is 24.1. The van der Waals surface area contributed by atoms with Gasteiger partial charge < -0.3 is 20.3 Å². The van der Waals surface area contributed by atoms with Crippen molar-refractivity contribution in [2.24, 2.45) is 0 Å². The molecule has 0 radical (unpaired) electrons. The molecule has 2 rings (SSSR count). The van der Waals surface area contributed by atoms with Crippen LogP contribution in [0.25, 0.3) is 0 Å². The molecule has 0 fully saturated rings. The van der Waals surface area contributed by atoms with Crippen LogP contribution in [0.4, 0.5) is 36.4 Å². The normalized spacial score (nSPS) is 21.5. The number of carbonyl (C=O) groups excluding carboxylic acids is 2. The van der Waals surface area contributed by atoms with Gasteiger partial charge in [-0.1, -0.05) is 13.8 Å². The van der Waals surface area contributed by atoms with Crippen molar-refractivity contribution in [2.75, 3.05) is 18.0 Å². The van der Waals surface area contributed by atoms with E-state index in [9.17, 15) is 50.5 Å². The number of hydrogen-bond acceptors (Lipinski definition) is 6. The number of aliphatic hydroxyl groups is 2. The molecule has 0 aliphatic carbocycles. The van der Waals surface area contributed by atoms with Crippen LogP contribution >= 0.6 is 0 Å². The van der Waals surface area contributed by atoms with Gasteiger partial charge in [0.2, 0.25) is 0 Å². The lowest BCUT2D eigenvalue weighted by Gasteiger charge is -2.34. The Hall–Kier alpha value is -2.65. The van der Waals surface area contributed by atoms with E-state index in [4.69, 9.17) is 4.74 Å². The summed E-state index contributed by atoms with van der Waals surface area (Å²) in [7, 11) is 0. The summed E-state index contributed by atoms with van der Waals surface area (Å²) >= 11 is 0. The van der Waals surface area contributed by atoms with Gasteiger partial charge in [0.1, 0.15) is 36.5 Å². The smallest absolute Gasteiger partial charge is 0.406 e. The minimum Gasteiger partial charge on any atom is -0.486 e. The zero-order valence-corrected chi connectivity index (χ0v) is 18.5. The minimum atomic E-state index is -4.94. The number of halogens is 7. The first-order valence-electron chi connectivity index (χ1n) is 10.4. The van der Waals surface area contributed by atoms with Crippen molar-refractivity contribution < 1.29 is 55.3 Å². The number of fused-ring (bicyclic) bond motifs is 1. The van der Waals surface area contributed by atoms with Crippen LogP contribution in [-0.4, -0.2) is 71.4 Å². The molecule has 1 aliphatic rings. The van der Waals surface area contributed by atoms with Crippen molar-refractivity contribution in [1.82, 2.24) is 10.6 Å². The molecule has 15 heteroatoms. The fourth-order valence-corrected chi connectivity index (χ4v) is 3.42. The third-order valence-corrected chi connectivity index (χ3v) is 5.30. The molecule has 2 amide bonds. The zero-order chi connectivity index (χ0) is 26.8. The molecule has 0 saturated carbocycles. The molecule has 2 unspecified atom stereocenters. The maximum absolute atomic E-state index is 13.8. The zero-order valence-electron chi connectivity index (χ0n) is 18.5. The third kappa shape index (κ3) is 6.95. The quantitative estimate of drug-likeness (QED) is 0.309. The number of hydrogen-bond donors (Lipinski definition) is 4. The molecule has 8 nitrogen and oxygen atoms in total. The molecule has 35 heavy (non-hydrogen) atoms. The SMILES string of the molecule is CC[C@H]1Oc2ccc(F)cc2N(CC(F)(F)F)C(=O)[C@H]1NC(=O)C(O)(CC)C(O)NCC(F)(F)F. The van der Waals surface area contributed by atoms with Gasteiger partial charge in [-0.3, -0.25) is 19.8 Å². The van der Waals surface area contributed by atoms with E-state index < -0.39 is 79.2 Å². The Morgan fingerprint density at radius 2 is 1.80 bits per heavy atom. The van der Waals surface area contributed by atoms with Crippen LogP contribution in [0.2, 0.25) is 0 Å². The molecular formula is C20H24F7N3O5. The molecule has 1 aromatic carbocycles. The number of ether oxygens (including phenoxy) is 1. The van der Waals surface area contributed by atoms with Crippen molar-refractivity contribution in [3.05, 3.63) is 24.0 Å². The van der Waals surface area contributed by atoms with Gasteiger partial charge in [-0.2, -0.15) is 26.3 Å². The summed E-state index contributed by atoms with van der Waals surface area (Å²) < 4.78 is 96.5. The number of rotatable bonds is 8. The summed E-state index contributed by atoms with van der Waals surface area (Å²) in [4.78, 5) is 26.1. The lowest BCUT2D eigenvalue weighted by Crippen LogP contribution is -2.65. The van der Waals surface area contributed by atoms with Crippen LogP contribution < -0.4 is 20.3 Å². The van der Waals surface area contributed by atoms with Gasteiger partial charge in [0, 0.05) is 6.07 Å². The topological polar surface area (TPSA) is 111 Å². The lowest BCUT2D eigenvalue weighted by molar-refractivity contribution is -0.168. The highest BCUT2D eigenvalue weighted by Crippen LogP contribution is 2.36. The van der Waals surface area contributed by atoms with Crippen LogP contribution in [0.3, 0.4) is 0 Å². The Bertz CT molecular complexity index is 927. The van der Waals surface area contributed by atoms with Crippen molar-refractivity contribution in [2.45, 2.75) is 63.0 Å². The largest absolute Gasteiger partial charge is 0.486 e. The van der Waals surface area contributed by atoms with Gasteiger partial charge in [0.05, 0.1) is 12.2 Å². The first-order chi connectivity index (χ1) is 16.0. The van der Waals surface area contributed by atoms with Crippen LogP contribution in [0.1, 0.15) is 26.7 Å². The predicted molar refractivity (Wildman–Crippen MR) is 107 cm³/mol. The number of nitrogens with one attached hydrogen (secondary N) is 2. The average molecular weight is 519 g/mol. The Balaban J connectivity index is 2.42.